The summed E-state index contributed by atoms with van der Waals surface area (Å²) in [6, 6.07) is 0.377. The molecule has 98 valence electrons. The third-order valence-electron chi connectivity index (χ3n) is 3.10. The molecule has 7 heteroatoms. The lowest BCUT2D eigenvalue weighted by molar-refractivity contribution is 0.0694. The van der Waals surface area contributed by atoms with Crippen LogP contribution in [0.5, 0.6) is 0 Å². The number of aromatic carboxylic acids is 1. The molecule has 2 atom stereocenters. The number of hydrogen-bond acceptors (Lipinski definition) is 3. The highest BCUT2D eigenvalue weighted by Gasteiger charge is 2.40. The lowest BCUT2D eigenvalue weighted by Gasteiger charge is -2.10. The zero-order chi connectivity index (χ0) is 13.7. The Hall–Kier alpha value is -2.31. The van der Waals surface area contributed by atoms with E-state index in [1.165, 1.54) is 4.57 Å². The molecule has 1 N–H and O–H groups in total. The molecular formula is C12H8F2N2O3. The molecule has 0 amide bonds. The Balaban J connectivity index is 2.39. The van der Waals surface area contributed by atoms with Crippen molar-refractivity contribution in [2.75, 3.05) is 0 Å². The summed E-state index contributed by atoms with van der Waals surface area (Å²) in [5, 5.41) is 8.81. The fourth-order valence-corrected chi connectivity index (χ4v) is 2.05. The maximum absolute atomic E-state index is 13.2. The van der Waals surface area contributed by atoms with Crippen molar-refractivity contribution >= 4 is 17.0 Å². The van der Waals surface area contributed by atoms with Gasteiger partial charge in [0.2, 0.25) is 5.43 Å². The van der Waals surface area contributed by atoms with Crippen LogP contribution >= 0.6 is 0 Å². The van der Waals surface area contributed by atoms with Gasteiger partial charge >= 0.3 is 5.97 Å². The SMILES string of the molecule is O=C(O)c1cn([C@@H]2C[C@@H]2F)c2ncc(F)cc2c1=O. The van der Waals surface area contributed by atoms with E-state index in [2.05, 4.69) is 4.98 Å². The first kappa shape index (κ1) is 11.8. The molecule has 1 aliphatic rings. The van der Waals surface area contributed by atoms with Crippen molar-refractivity contribution in [2.45, 2.75) is 18.6 Å². The number of pyridine rings is 2. The molecule has 1 saturated carbocycles. The summed E-state index contributed by atoms with van der Waals surface area (Å²) in [5.41, 5.74) is -1.23. The Bertz CT molecular complexity index is 756. The molecule has 3 rings (SSSR count). The van der Waals surface area contributed by atoms with Gasteiger partial charge in [-0.25, -0.2) is 18.6 Å². The van der Waals surface area contributed by atoms with Crippen molar-refractivity contribution in [1.82, 2.24) is 9.55 Å². The van der Waals surface area contributed by atoms with Crippen LogP contribution in [-0.4, -0.2) is 26.8 Å². The molecule has 19 heavy (non-hydrogen) atoms. The third-order valence-corrected chi connectivity index (χ3v) is 3.10. The van der Waals surface area contributed by atoms with Gasteiger partial charge < -0.3 is 9.67 Å². The Morgan fingerprint density at radius 1 is 1.53 bits per heavy atom. The summed E-state index contributed by atoms with van der Waals surface area (Å²) in [7, 11) is 0. The number of alkyl halides is 1. The molecule has 0 unspecified atom stereocenters. The van der Waals surface area contributed by atoms with Crippen LogP contribution in [0.15, 0.2) is 23.3 Å². The second-order valence-corrected chi connectivity index (χ2v) is 4.43. The van der Waals surface area contributed by atoms with Gasteiger partial charge in [0.25, 0.3) is 0 Å². The molecule has 0 saturated heterocycles. The molecular weight excluding hydrogens is 258 g/mol. The van der Waals surface area contributed by atoms with Crippen LogP contribution in [0.2, 0.25) is 0 Å². The zero-order valence-corrected chi connectivity index (χ0v) is 9.51. The van der Waals surface area contributed by atoms with Crippen molar-refractivity contribution < 1.29 is 18.7 Å². The first-order chi connectivity index (χ1) is 8.99. The number of carbonyl (C=O) groups is 1. The highest BCUT2D eigenvalue weighted by atomic mass is 19.1. The second kappa shape index (κ2) is 3.84. The number of rotatable bonds is 2. The summed E-state index contributed by atoms with van der Waals surface area (Å²) in [5.74, 6) is -2.17. The van der Waals surface area contributed by atoms with Gasteiger partial charge in [-0.3, -0.25) is 4.79 Å². The van der Waals surface area contributed by atoms with E-state index in [4.69, 9.17) is 5.11 Å². The van der Waals surface area contributed by atoms with Crippen molar-refractivity contribution in [2.24, 2.45) is 0 Å². The minimum absolute atomic E-state index is 0.0987. The van der Waals surface area contributed by atoms with E-state index in [0.717, 1.165) is 18.5 Å². The summed E-state index contributed by atoms with van der Waals surface area (Å²) in [6.07, 6.45) is 1.12. The van der Waals surface area contributed by atoms with Crippen LogP contribution < -0.4 is 5.43 Å². The number of halogens is 2. The Morgan fingerprint density at radius 3 is 2.79 bits per heavy atom. The van der Waals surface area contributed by atoms with Gasteiger partial charge in [-0.1, -0.05) is 0 Å². The number of hydrogen-bond donors (Lipinski definition) is 1. The molecule has 0 spiro atoms. The van der Waals surface area contributed by atoms with Crippen LogP contribution in [0.25, 0.3) is 11.0 Å². The maximum Gasteiger partial charge on any atom is 0.341 e. The molecule has 0 aliphatic heterocycles. The van der Waals surface area contributed by atoms with Gasteiger partial charge in [-0.15, -0.1) is 0 Å². The standard InChI is InChI=1S/C12H8F2N2O3/c13-5-1-6-10(17)7(12(18)19)4-16(9-2-8(9)14)11(6)15-3-5/h1,3-4,8-9H,2H2,(H,18,19)/t8-,9+/m0/s1. The Kier molecular flexibility index (Phi) is 2.38. The van der Waals surface area contributed by atoms with Gasteiger partial charge in [-0.05, 0) is 6.07 Å². The fraction of sp³-hybridized carbons (Fsp3) is 0.250. The number of carboxylic acids is 1. The van der Waals surface area contributed by atoms with E-state index in [1.807, 2.05) is 0 Å². The molecule has 0 aromatic carbocycles. The molecule has 2 aromatic heterocycles. The quantitative estimate of drug-likeness (QED) is 0.894. The summed E-state index contributed by atoms with van der Waals surface area (Å²) in [6.45, 7) is 0. The van der Waals surface area contributed by atoms with Crippen molar-refractivity contribution in [3.8, 4) is 0 Å². The normalized spacial score (nSPS) is 21.6. The minimum atomic E-state index is -1.43. The topological polar surface area (TPSA) is 72.2 Å². The van der Waals surface area contributed by atoms with Gasteiger partial charge in [-0.2, -0.15) is 0 Å². The van der Waals surface area contributed by atoms with Crippen molar-refractivity contribution in [3.63, 3.8) is 0 Å². The van der Waals surface area contributed by atoms with Crippen LogP contribution in [0, 0.1) is 5.82 Å². The smallest absolute Gasteiger partial charge is 0.341 e. The molecule has 2 heterocycles. The van der Waals surface area contributed by atoms with E-state index >= 15 is 0 Å². The Labute approximate surface area is 105 Å². The summed E-state index contributed by atoms with van der Waals surface area (Å²) >= 11 is 0. The lowest BCUT2D eigenvalue weighted by Crippen LogP contribution is -2.19. The lowest BCUT2D eigenvalue weighted by atomic mass is 10.2. The van der Waals surface area contributed by atoms with E-state index in [1.54, 1.807) is 0 Å². The van der Waals surface area contributed by atoms with Gasteiger partial charge in [0.05, 0.1) is 17.6 Å². The van der Waals surface area contributed by atoms with Crippen molar-refractivity contribution in [3.05, 3.63) is 40.1 Å². The van der Waals surface area contributed by atoms with Crippen LogP contribution in [0.3, 0.4) is 0 Å². The minimum Gasteiger partial charge on any atom is -0.477 e. The molecule has 1 aliphatic carbocycles. The molecule has 2 aromatic rings. The van der Waals surface area contributed by atoms with E-state index < -0.39 is 35.0 Å². The summed E-state index contributed by atoms with van der Waals surface area (Å²) < 4.78 is 27.6. The van der Waals surface area contributed by atoms with Gasteiger partial charge in [0.1, 0.15) is 23.2 Å². The molecule has 0 radical (unpaired) electrons. The molecule has 1 fully saturated rings. The largest absolute Gasteiger partial charge is 0.477 e. The predicted octanol–water partition coefficient (Wildman–Crippen LogP) is 1.52. The number of nitrogens with zero attached hydrogens (tertiary/aromatic N) is 2. The second-order valence-electron chi connectivity index (χ2n) is 4.43. The monoisotopic (exact) mass is 266 g/mol. The van der Waals surface area contributed by atoms with E-state index in [9.17, 15) is 18.4 Å². The maximum atomic E-state index is 13.2. The van der Waals surface area contributed by atoms with Crippen LogP contribution in [0.1, 0.15) is 22.8 Å². The molecule has 5 nitrogen and oxygen atoms in total. The third kappa shape index (κ3) is 1.78. The number of fused-ring (bicyclic) bond motifs is 1. The van der Waals surface area contributed by atoms with Gasteiger partial charge in [0, 0.05) is 12.6 Å². The summed E-state index contributed by atoms with van der Waals surface area (Å²) in [4.78, 5) is 26.7. The predicted molar refractivity (Wildman–Crippen MR) is 61.5 cm³/mol. The Morgan fingerprint density at radius 2 is 2.21 bits per heavy atom. The first-order valence-electron chi connectivity index (χ1n) is 5.57. The zero-order valence-electron chi connectivity index (χ0n) is 9.51. The number of carboxylic acid groups (broad SMARTS) is 1. The molecule has 0 bridgehead atoms. The highest BCUT2D eigenvalue weighted by molar-refractivity contribution is 5.91. The van der Waals surface area contributed by atoms with Crippen LogP contribution in [0.4, 0.5) is 8.78 Å². The fourth-order valence-electron chi connectivity index (χ4n) is 2.05. The van der Waals surface area contributed by atoms with Crippen LogP contribution in [-0.2, 0) is 0 Å². The van der Waals surface area contributed by atoms with Gasteiger partial charge in [0.15, 0.2) is 0 Å². The van der Waals surface area contributed by atoms with E-state index in [0.29, 0.717) is 0 Å². The van der Waals surface area contributed by atoms with E-state index in [-0.39, 0.29) is 17.5 Å². The average molecular weight is 266 g/mol. The average Bonchev–Trinajstić information content (AvgIpc) is 3.07. The number of aromatic nitrogens is 2. The van der Waals surface area contributed by atoms with Crippen molar-refractivity contribution in [1.29, 1.82) is 0 Å². The highest BCUT2D eigenvalue weighted by Crippen LogP contribution is 2.40. The first-order valence-corrected chi connectivity index (χ1v) is 5.57.